The molecule has 0 radical (unpaired) electrons. The van der Waals surface area contributed by atoms with E-state index >= 15 is 0 Å². The van der Waals surface area contributed by atoms with Gasteiger partial charge >= 0.3 is 5.97 Å². The zero-order valence-corrected chi connectivity index (χ0v) is 13.9. The van der Waals surface area contributed by atoms with Crippen LogP contribution >= 0.6 is 0 Å². The largest absolute Gasteiger partial charge is 0.480 e. The summed E-state index contributed by atoms with van der Waals surface area (Å²) in [7, 11) is 0. The van der Waals surface area contributed by atoms with E-state index in [0.717, 1.165) is 0 Å². The average Bonchev–Trinajstić information content (AvgIpc) is 2.45. The summed E-state index contributed by atoms with van der Waals surface area (Å²) in [6.07, 6.45) is 0.335. The van der Waals surface area contributed by atoms with Crippen LogP contribution in [0.15, 0.2) is 0 Å². The molecule has 0 aliphatic rings. The number of aliphatic carboxylic acids is 1. The maximum Gasteiger partial charge on any atom is 0.325 e. The zero-order chi connectivity index (χ0) is 18.2. The maximum absolute atomic E-state index is 12.1. The van der Waals surface area contributed by atoms with Crippen molar-refractivity contribution >= 4 is 23.7 Å². The molecule has 0 aromatic carbocycles. The highest BCUT2D eigenvalue weighted by Gasteiger charge is 2.26. The van der Waals surface area contributed by atoms with Gasteiger partial charge in [0.2, 0.25) is 17.7 Å². The molecular formula is C14H26N4O5. The van der Waals surface area contributed by atoms with E-state index in [0.29, 0.717) is 6.42 Å². The molecule has 0 aliphatic carbocycles. The molecule has 9 nitrogen and oxygen atoms in total. The molecule has 9 heteroatoms. The number of hydrogen-bond acceptors (Lipinski definition) is 5. The van der Waals surface area contributed by atoms with Crippen LogP contribution in [0.4, 0.5) is 0 Å². The summed E-state index contributed by atoms with van der Waals surface area (Å²) in [5, 5.41) is 16.1. The number of carboxylic acids is 1. The smallest absolute Gasteiger partial charge is 0.325 e. The molecule has 3 unspecified atom stereocenters. The Morgan fingerprint density at radius 3 is 1.91 bits per heavy atom. The summed E-state index contributed by atoms with van der Waals surface area (Å²) >= 11 is 0. The summed E-state index contributed by atoms with van der Waals surface area (Å²) in [6.45, 7) is 6.29. The summed E-state index contributed by atoms with van der Waals surface area (Å²) < 4.78 is 0. The number of carbonyl (C=O) groups is 4. The van der Waals surface area contributed by atoms with Gasteiger partial charge in [-0.3, -0.25) is 19.2 Å². The molecule has 0 aromatic rings. The highest BCUT2D eigenvalue weighted by molar-refractivity contribution is 5.93. The zero-order valence-electron chi connectivity index (χ0n) is 13.9. The fourth-order valence-electron chi connectivity index (χ4n) is 1.74. The number of carbonyl (C=O) groups excluding carboxylic acids is 3. The minimum Gasteiger partial charge on any atom is -0.480 e. The second-order valence-corrected chi connectivity index (χ2v) is 5.75. The second kappa shape index (κ2) is 9.78. The predicted octanol–water partition coefficient (Wildman–Crippen LogP) is -1.43. The van der Waals surface area contributed by atoms with Gasteiger partial charge in [0.05, 0.1) is 6.54 Å². The topological polar surface area (TPSA) is 151 Å². The van der Waals surface area contributed by atoms with Crippen LogP contribution in [0, 0.1) is 5.92 Å². The van der Waals surface area contributed by atoms with Crippen LogP contribution in [-0.2, 0) is 19.2 Å². The third kappa shape index (κ3) is 8.15. The minimum absolute atomic E-state index is 0.0973. The van der Waals surface area contributed by atoms with E-state index in [4.69, 9.17) is 10.8 Å². The third-order valence-electron chi connectivity index (χ3n) is 3.03. The van der Waals surface area contributed by atoms with Crippen molar-refractivity contribution in [3.05, 3.63) is 0 Å². The van der Waals surface area contributed by atoms with Gasteiger partial charge in [0.15, 0.2) is 0 Å². The lowest BCUT2D eigenvalue weighted by molar-refractivity contribution is -0.141. The summed E-state index contributed by atoms with van der Waals surface area (Å²) in [6, 6.07) is -2.81. The van der Waals surface area contributed by atoms with E-state index in [1.54, 1.807) is 0 Å². The first kappa shape index (κ1) is 20.8. The lowest BCUT2D eigenvalue weighted by atomic mass is 10.0. The average molecular weight is 330 g/mol. The van der Waals surface area contributed by atoms with Crippen molar-refractivity contribution in [2.75, 3.05) is 6.54 Å². The van der Waals surface area contributed by atoms with Crippen molar-refractivity contribution in [3.8, 4) is 0 Å². The van der Waals surface area contributed by atoms with Gasteiger partial charge in [0, 0.05) is 0 Å². The van der Waals surface area contributed by atoms with Crippen molar-refractivity contribution in [2.45, 2.75) is 52.2 Å². The number of carboxylic acid groups (broad SMARTS) is 1. The lowest BCUT2D eigenvalue weighted by Crippen LogP contribution is -2.55. The lowest BCUT2D eigenvalue weighted by Gasteiger charge is -2.23. The Balaban J connectivity index is 4.84. The Labute approximate surface area is 135 Å². The van der Waals surface area contributed by atoms with Crippen LogP contribution in [0.25, 0.3) is 0 Å². The molecule has 0 aromatic heterocycles. The molecule has 0 aliphatic heterocycles. The first-order valence-electron chi connectivity index (χ1n) is 7.41. The Morgan fingerprint density at radius 2 is 1.48 bits per heavy atom. The van der Waals surface area contributed by atoms with Gasteiger partial charge in [-0.05, 0) is 26.2 Å². The van der Waals surface area contributed by atoms with Crippen LogP contribution in [0.1, 0.15) is 34.1 Å². The standard InChI is InChI=1S/C14H26N4O5/c1-7(2)5-10(13(21)17-9(4)14(22)23)18-12(20)8(3)16-11(19)6-15/h7-10H,5-6,15H2,1-4H3,(H,16,19)(H,17,21)(H,18,20)(H,22,23). The number of hydrogen-bond donors (Lipinski definition) is 5. The fraction of sp³-hybridized carbons (Fsp3) is 0.714. The highest BCUT2D eigenvalue weighted by atomic mass is 16.4. The molecule has 0 bridgehead atoms. The Morgan fingerprint density at radius 1 is 0.913 bits per heavy atom. The molecule has 0 saturated carbocycles. The predicted molar refractivity (Wildman–Crippen MR) is 83.3 cm³/mol. The Hall–Kier alpha value is -2.16. The minimum atomic E-state index is -1.17. The van der Waals surface area contributed by atoms with Crippen molar-refractivity contribution in [1.29, 1.82) is 0 Å². The first-order chi connectivity index (χ1) is 10.6. The van der Waals surface area contributed by atoms with E-state index in [-0.39, 0.29) is 12.5 Å². The van der Waals surface area contributed by atoms with Gasteiger partial charge < -0.3 is 26.8 Å². The molecule has 0 saturated heterocycles. The van der Waals surface area contributed by atoms with E-state index in [9.17, 15) is 19.2 Å². The Bertz CT molecular complexity index is 452. The van der Waals surface area contributed by atoms with Gasteiger partial charge in [-0.15, -0.1) is 0 Å². The van der Waals surface area contributed by atoms with Gasteiger partial charge in [-0.1, -0.05) is 13.8 Å². The van der Waals surface area contributed by atoms with Crippen molar-refractivity contribution < 1.29 is 24.3 Å². The van der Waals surface area contributed by atoms with Crippen LogP contribution in [-0.4, -0.2) is 53.5 Å². The van der Waals surface area contributed by atoms with Crippen LogP contribution < -0.4 is 21.7 Å². The molecular weight excluding hydrogens is 304 g/mol. The highest BCUT2D eigenvalue weighted by Crippen LogP contribution is 2.06. The second-order valence-electron chi connectivity index (χ2n) is 5.75. The van der Waals surface area contributed by atoms with E-state index in [1.807, 2.05) is 13.8 Å². The van der Waals surface area contributed by atoms with E-state index < -0.39 is 41.8 Å². The third-order valence-corrected chi connectivity index (χ3v) is 3.03. The van der Waals surface area contributed by atoms with Gasteiger partial charge in [-0.25, -0.2) is 0 Å². The number of amides is 3. The van der Waals surface area contributed by atoms with E-state index in [1.165, 1.54) is 13.8 Å². The number of nitrogens with one attached hydrogen (secondary N) is 3. The van der Waals surface area contributed by atoms with Gasteiger partial charge in [-0.2, -0.15) is 0 Å². The number of rotatable bonds is 9. The number of nitrogens with two attached hydrogens (primary N) is 1. The monoisotopic (exact) mass is 330 g/mol. The molecule has 3 amide bonds. The molecule has 0 rings (SSSR count). The van der Waals surface area contributed by atoms with Gasteiger partial charge in [0.25, 0.3) is 0 Å². The SMILES string of the molecule is CC(C)CC(NC(=O)C(C)NC(=O)CN)C(=O)NC(C)C(=O)O. The molecule has 0 heterocycles. The normalized spacial score (nSPS) is 14.5. The van der Waals surface area contributed by atoms with Crippen LogP contribution in [0.3, 0.4) is 0 Å². The molecule has 0 fully saturated rings. The van der Waals surface area contributed by atoms with Crippen LogP contribution in [0.2, 0.25) is 0 Å². The Kier molecular flexibility index (Phi) is 8.86. The van der Waals surface area contributed by atoms with Crippen molar-refractivity contribution in [3.63, 3.8) is 0 Å². The van der Waals surface area contributed by atoms with Crippen molar-refractivity contribution in [1.82, 2.24) is 16.0 Å². The first-order valence-corrected chi connectivity index (χ1v) is 7.41. The van der Waals surface area contributed by atoms with Crippen molar-refractivity contribution in [2.24, 2.45) is 11.7 Å². The summed E-state index contributed by atoms with van der Waals surface area (Å²) in [5.41, 5.74) is 5.16. The van der Waals surface area contributed by atoms with E-state index in [2.05, 4.69) is 16.0 Å². The maximum atomic E-state index is 12.1. The molecule has 6 N–H and O–H groups in total. The molecule has 132 valence electrons. The summed E-state index contributed by atoms with van der Waals surface area (Å²) in [5.74, 6) is -2.69. The molecule has 23 heavy (non-hydrogen) atoms. The fourth-order valence-corrected chi connectivity index (χ4v) is 1.74. The molecule has 0 spiro atoms. The quantitative estimate of drug-likeness (QED) is 0.350. The van der Waals surface area contributed by atoms with Crippen LogP contribution in [0.5, 0.6) is 0 Å². The van der Waals surface area contributed by atoms with Gasteiger partial charge in [0.1, 0.15) is 18.1 Å². The summed E-state index contributed by atoms with van der Waals surface area (Å²) in [4.78, 5) is 46.2. The molecule has 3 atom stereocenters.